The van der Waals surface area contributed by atoms with E-state index in [4.69, 9.17) is 28.4 Å². The summed E-state index contributed by atoms with van der Waals surface area (Å²) in [5.74, 6) is 0.476. The number of ether oxygens (including phenoxy) is 6. The summed E-state index contributed by atoms with van der Waals surface area (Å²) < 4.78 is 32.4. The molecule has 1 atom stereocenters. The predicted octanol–water partition coefficient (Wildman–Crippen LogP) is 4.80. The van der Waals surface area contributed by atoms with Gasteiger partial charge in [0.2, 0.25) is 0 Å². The Labute approximate surface area is 196 Å². The summed E-state index contributed by atoms with van der Waals surface area (Å²) in [7, 11) is 0. The average molecular weight is 463 g/mol. The van der Waals surface area contributed by atoms with E-state index in [0.29, 0.717) is 78.4 Å². The molecule has 0 rings (SSSR count). The maximum Gasteiger partial charge on any atom is 0.305 e. The van der Waals surface area contributed by atoms with Crippen LogP contribution in [0.2, 0.25) is 0 Å². The first kappa shape index (κ1) is 31.3. The lowest BCUT2D eigenvalue weighted by Crippen LogP contribution is -2.15. The van der Waals surface area contributed by atoms with Gasteiger partial charge in [-0.15, -0.1) is 0 Å². The Kier molecular flexibility index (Phi) is 25.9. The van der Waals surface area contributed by atoms with Crippen LogP contribution >= 0.6 is 0 Å². The van der Waals surface area contributed by atoms with Crippen LogP contribution in [-0.4, -0.2) is 78.6 Å². The fraction of sp³-hybridized carbons (Fsp3) is 0.960. The molecule has 0 aliphatic heterocycles. The standard InChI is InChI=1S/C25H50O7/c1-4-6-7-8-9-10-11-12-25(26)32-22-21-30-18-17-28-14-13-27-15-16-29-19-20-31-23-24(3)5-2/h24H,4-23H2,1-3H3. The molecular formula is C25H50O7. The summed E-state index contributed by atoms with van der Waals surface area (Å²) in [4.78, 5) is 11.6. The van der Waals surface area contributed by atoms with Crippen LogP contribution in [0, 0.1) is 5.92 Å². The van der Waals surface area contributed by atoms with Crippen molar-refractivity contribution in [2.45, 2.75) is 78.6 Å². The number of hydrogen-bond donors (Lipinski definition) is 0. The van der Waals surface area contributed by atoms with Crippen molar-refractivity contribution in [3.8, 4) is 0 Å². The van der Waals surface area contributed by atoms with Gasteiger partial charge in [-0.2, -0.15) is 0 Å². The molecular weight excluding hydrogens is 412 g/mol. The molecule has 0 bridgehead atoms. The summed E-state index contributed by atoms with van der Waals surface area (Å²) in [6.45, 7) is 12.4. The smallest absolute Gasteiger partial charge is 0.305 e. The van der Waals surface area contributed by atoms with E-state index in [1.165, 1.54) is 32.1 Å². The van der Waals surface area contributed by atoms with Crippen LogP contribution in [0.4, 0.5) is 0 Å². The number of esters is 1. The summed E-state index contributed by atoms with van der Waals surface area (Å²) in [6.07, 6.45) is 10.0. The van der Waals surface area contributed by atoms with Gasteiger partial charge in [0.05, 0.1) is 59.5 Å². The Balaban J connectivity index is 3.13. The lowest BCUT2D eigenvalue weighted by molar-refractivity contribution is -0.145. The van der Waals surface area contributed by atoms with Crippen LogP contribution in [0.3, 0.4) is 0 Å². The lowest BCUT2D eigenvalue weighted by Gasteiger charge is -2.10. The van der Waals surface area contributed by atoms with E-state index in [2.05, 4.69) is 20.8 Å². The van der Waals surface area contributed by atoms with Gasteiger partial charge in [0.1, 0.15) is 6.61 Å². The summed E-state index contributed by atoms with van der Waals surface area (Å²) in [5.41, 5.74) is 0. The van der Waals surface area contributed by atoms with Gasteiger partial charge in [-0.25, -0.2) is 0 Å². The van der Waals surface area contributed by atoms with Crippen molar-refractivity contribution in [2.24, 2.45) is 5.92 Å². The molecule has 0 aromatic carbocycles. The molecule has 0 aromatic rings. The molecule has 0 saturated carbocycles. The Morgan fingerprint density at radius 1 is 0.594 bits per heavy atom. The van der Waals surface area contributed by atoms with Gasteiger partial charge >= 0.3 is 5.97 Å². The SMILES string of the molecule is CCCCCCCCCC(=O)OCCOCCOCCOCCOCCOCC(C)CC. The second kappa shape index (κ2) is 26.5. The third-order valence-electron chi connectivity index (χ3n) is 5.06. The van der Waals surface area contributed by atoms with Crippen LogP contribution in [0.5, 0.6) is 0 Å². The average Bonchev–Trinajstić information content (AvgIpc) is 2.80. The fourth-order valence-electron chi connectivity index (χ4n) is 2.80. The molecule has 0 amide bonds. The van der Waals surface area contributed by atoms with Gasteiger partial charge < -0.3 is 28.4 Å². The second-order valence-corrected chi connectivity index (χ2v) is 8.13. The maximum atomic E-state index is 11.6. The molecule has 0 aliphatic carbocycles. The molecule has 1 unspecified atom stereocenters. The van der Waals surface area contributed by atoms with Crippen LogP contribution in [0.15, 0.2) is 0 Å². The molecule has 0 radical (unpaired) electrons. The highest BCUT2D eigenvalue weighted by atomic mass is 16.6. The zero-order chi connectivity index (χ0) is 23.5. The zero-order valence-electron chi connectivity index (χ0n) is 21.1. The first-order valence-electron chi connectivity index (χ1n) is 12.7. The van der Waals surface area contributed by atoms with E-state index in [9.17, 15) is 4.79 Å². The van der Waals surface area contributed by atoms with Crippen molar-refractivity contribution in [3.63, 3.8) is 0 Å². The van der Waals surface area contributed by atoms with Crippen molar-refractivity contribution < 1.29 is 33.2 Å². The first-order valence-corrected chi connectivity index (χ1v) is 12.7. The van der Waals surface area contributed by atoms with Crippen molar-refractivity contribution in [2.75, 3.05) is 72.7 Å². The number of carbonyl (C=O) groups is 1. The Morgan fingerprint density at radius 3 is 1.53 bits per heavy atom. The van der Waals surface area contributed by atoms with Gasteiger partial charge in [0.15, 0.2) is 0 Å². The number of hydrogen-bond acceptors (Lipinski definition) is 7. The van der Waals surface area contributed by atoms with Crippen molar-refractivity contribution in [3.05, 3.63) is 0 Å². The van der Waals surface area contributed by atoms with Gasteiger partial charge in [0, 0.05) is 13.0 Å². The molecule has 0 fully saturated rings. The highest BCUT2D eigenvalue weighted by Gasteiger charge is 2.02. The van der Waals surface area contributed by atoms with E-state index in [-0.39, 0.29) is 5.97 Å². The van der Waals surface area contributed by atoms with E-state index in [1.807, 2.05) is 0 Å². The number of unbranched alkanes of at least 4 members (excludes halogenated alkanes) is 6. The van der Waals surface area contributed by atoms with E-state index >= 15 is 0 Å². The zero-order valence-corrected chi connectivity index (χ0v) is 21.1. The molecule has 0 N–H and O–H groups in total. The molecule has 32 heavy (non-hydrogen) atoms. The van der Waals surface area contributed by atoms with Crippen LogP contribution in [0.1, 0.15) is 78.6 Å². The van der Waals surface area contributed by atoms with E-state index in [0.717, 1.165) is 25.9 Å². The third-order valence-corrected chi connectivity index (χ3v) is 5.06. The fourth-order valence-corrected chi connectivity index (χ4v) is 2.80. The van der Waals surface area contributed by atoms with E-state index < -0.39 is 0 Å². The maximum absolute atomic E-state index is 11.6. The van der Waals surface area contributed by atoms with Crippen molar-refractivity contribution in [1.82, 2.24) is 0 Å². The Morgan fingerprint density at radius 2 is 1.03 bits per heavy atom. The van der Waals surface area contributed by atoms with Gasteiger partial charge in [-0.1, -0.05) is 65.7 Å². The number of rotatable bonds is 26. The topological polar surface area (TPSA) is 72.5 Å². The minimum absolute atomic E-state index is 0.127. The molecule has 0 saturated heterocycles. The van der Waals surface area contributed by atoms with E-state index in [1.54, 1.807) is 0 Å². The molecule has 7 heteroatoms. The monoisotopic (exact) mass is 462 g/mol. The quantitative estimate of drug-likeness (QED) is 0.135. The van der Waals surface area contributed by atoms with Gasteiger partial charge in [-0.05, 0) is 12.3 Å². The minimum Gasteiger partial charge on any atom is -0.463 e. The lowest BCUT2D eigenvalue weighted by atomic mass is 10.1. The van der Waals surface area contributed by atoms with Crippen molar-refractivity contribution in [1.29, 1.82) is 0 Å². The predicted molar refractivity (Wildman–Crippen MR) is 127 cm³/mol. The molecule has 0 spiro atoms. The molecule has 0 aromatic heterocycles. The number of carbonyl (C=O) groups excluding carboxylic acids is 1. The molecule has 192 valence electrons. The normalized spacial score (nSPS) is 12.2. The van der Waals surface area contributed by atoms with Gasteiger partial charge in [0.25, 0.3) is 0 Å². The second-order valence-electron chi connectivity index (χ2n) is 8.13. The summed E-state index contributed by atoms with van der Waals surface area (Å²) >= 11 is 0. The Bertz CT molecular complexity index is 379. The third kappa shape index (κ3) is 25.5. The van der Waals surface area contributed by atoms with Gasteiger partial charge in [-0.3, -0.25) is 4.79 Å². The van der Waals surface area contributed by atoms with Crippen molar-refractivity contribution >= 4 is 5.97 Å². The highest BCUT2D eigenvalue weighted by molar-refractivity contribution is 5.69. The summed E-state index contributed by atoms with van der Waals surface area (Å²) in [6, 6.07) is 0. The first-order chi connectivity index (χ1) is 15.7. The van der Waals surface area contributed by atoms with Crippen LogP contribution in [-0.2, 0) is 33.2 Å². The molecule has 0 heterocycles. The molecule has 0 aliphatic rings. The van der Waals surface area contributed by atoms with Crippen LogP contribution in [0.25, 0.3) is 0 Å². The largest absolute Gasteiger partial charge is 0.463 e. The molecule has 7 nitrogen and oxygen atoms in total. The Hall–Kier alpha value is -0.730. The van der Waals surface area contributed by atoms with Crippen LogP contribution < -0.4 is 0 Å². The summed E-state index contributed by atoms with van der Waals surface area (Å²) in [5, 5.41) is 0. The minimum atomic E-state index is -0.127. The highest BCUT2D eigenvalue weighted by Crippen LogP contribution is 2.08.